The van der Waals surface area contributed by atoms with E-state index in [4.69, 9.17) is 10.5 Å². The Hall–Kier alpha value is -2.46. The van der Waals surface area contributed by atoms with Crippen molar-refractivity contribution >= 4 is 11.7 Å². The first kappa shape index (κ1) is 15.6. The molecule has 0 bridgehead atoms. The number of benzene rings is 1. The van der Waals surface area contributed by atoms with Crippen molar-refractivity contribution in [3.63, 3.8) is 0 Å². The highest BCUT2D eigenvalue weighted by molar-refractivity contribution is 6.11. The lowest BCUT2D eigenvalue weighted by Gasteiger charge is -2.09. The van der Waals surface area contributed by atoms with Gasteiger partial charge in [0, 0.05) is 23.8 Å². The normalized spacial score (nSPS) is 10.9. The number of carbonyl (C=O) groups is 2. The highest BCUT2D eigenvalue weighted by Gasteiger charge is 2.14. The Morgan fingerprint density at radius 2 is 2.05 bits per heavy atom. The Morgan fingerprint density at radius 3 is 2.55 bits per heavy atom. The van der Waals surface area contributed by atoms with E-state index in [9.17, 15) is 9.59 Å². The van der Waals surface area contributed by atoms with Crippen molar-refractivity contribution in [2.24, 2.45) is 5.73 Å². The molecule has 0 saturated carbocycles. The van der Waals surface area contributed by atoms with Crippen LogP contribution in [0.4, 0.5) is 0 Å². The number of ether oxygens (including phenoxy) is 1. The molecule has 1 aromatic rings. The zero-order valence-corrected chi connectivity index (χ0v) is 11.4. The van der Waals surface area contributed by atoms with Crippen LogP contribution in [0.2, 0.25) is 0 Å². The summed E-state index contributed by atoms with van der Waals surface area (Å²) >= 11 is 0. The lowest BCUT2D eigenvalue weighted by atomic mass is 9.98. The van der Waals surface area contributed by atoms with E-state index in [1.54, 1.807) is 18.2 Å². The Balaban J connectivity index is 3.27. The fourth-order valence-corrected chi connectivity index (χ4v) is 1.78. The fourth-order valence-electron chi connectivity index (χ4n) is 1.78. The van der Waals surface area contributed by atoms with Gasteiger partial charge in [-0.05, 0) is 17.7 Å². The van der Waals surface area contributed by atoms with Crippen molar-refractivity contribution in [3.8, 4) is 0 Å². The highest BCUT2D eigenvalue weighted by atomic mass is 16.5. The van der Waals surface area contributed by atoms with Gasteiger partial charge in [0.2, 0.25) is 5.91 Å². The van der Waals surface area contributed by atoms with E-state index in [2.05, 4.69) is 13.2 Å². The second kappa shape index (κ2) is 7.21. The lowest BCUT2D eigenvalue weighted by Crippen LogP contribution is -2.15. The number of hydrogen-bond donors (Lipinski definition) is 1. The van der Waals surface area contributed by atoms with Crippen LogP contribution >= 0.6 is 0 Å². The monoisotopic (exact) mass is 271 g/mol. The molecule has 0 unspecified atom stereocenters. The summed E-state index contributed by atoms with van der Waals surface area (Å²) in [5, 5.41) is 0. The zero-order valence-electron chi connectivity index (χ0n) is 11.4. The molecule has 0 saturated heterocycles. The minimum Gasteiger partial charge on any atom is -0.380 e. The topological polar surface area (TPSA) is 69.4 Å². The molecule has 104 valence electrons. The van der Waals surface area contributed by atoms with Gasteiger partial charge in [0.05, 0.1) is 6.61 Å². The molecule has 0 aromatic heterocycles. The quantitative estimate of drug-likeness (QED) is 0.470. The number of Topliss-reactive ketones (excluding diaryl/α,β-unsaturated/α-hetero) is 1. The van der Waals surface area contributed by atoms with Crippen molar-refractivity contribution in [2.45, 2.75) is 6.61 Å². The first-order chi connectivity index (χ1) is 9.54. The minimum absolute atomic E-state index is 0.201. The predicted octanol–water partition coefficient (Wildman–Crippen LogP) is 2.41. The molecule has 0 radical (unpaired) electrons. The summed E-state index contributed by atoms with van der Waals surface area (Å²) in [6, 6.07) is 4.69. The van der Waals surface area contributed by atoms with E-state index >= 15 is 0 Å². The fraction of sp³-hybridized carbons (Fsp3) is 0.125. The predicted molar refractivity (Wildman–Crippen MR) is 78.5 cm³/mol. The number of carbonyl (C=O) groups excluding carboxylic acids is 2. The second-order valence-electron chi connectivity index (χ2n) is 4.06. The van der Waals surface area contributed by atoms with Crippen molar-refractivity contribution in [2.75, 3.05) is 7.11 Å². The second-order valence-corrected chi connectivity index (χ2v) is 4.06. The smallest absolute Gasteiger partial charge is 0.249 e. The molecule has 0 aliphatic carbocycles. The minimum atomic E-state index is -0.554. The van der Waals surface area contributed by atoms with Crippen molar-refractivity contribution in [1.29, 1.82) is 0 Å². The zero-order chi connectivity index (χ0) is 15.1. The number of methoxy groups -OCH3 is 1. The molecular formula is C16H17NO3. The third-order valence-corrected chi connectivity index (χ3v) is 2.71. The van der Waals surface area contributed by atoms with Gasteiger partial charge in [0.1, 0.15) is 0 Å². The van der Waals surface area contributed by atoms with Crippen LogP contribution in [0.15, 0.2) is 55.2 Å². The van der Waals surface area contributed by atoms with Gasteiger partial charge in [-0.15, -0.1) is 0 Å². The van der Waals surface area contributed by atoms with Crippen molar-refractivity contribution in [1.82, 2.24) is 0 Å². The third-order valence-electron chi connectivity index (χ3n) is 2.71. The average Bonchev–Trinajstić information content (AvgIpc) is 2.44. The average molecular weight is 271 g/mol. The lowest BCUT2D eigenvalue weighted by molar-refractivity contribution is 0.0991. The van der Waals surface area contributed by atoms with E-state index in [-0.39, 0.29) is 12.4 Å². The SMILES string of the molecule is C=C/C=C(\C=C)C(=O)c1ccc(C(N)=O)c(COC)c1. The van der Waals surface area contributed by atoms with Crippen molar-refractivity contribution in [3.05, 3.63) is 71.8 Å². The van der Waals surface area contributed by atoms with Crippen LogP contribution in [0.1, 0.15) is 26.3 Å². The number of primary amides is 1. The summed E-state index contributed by atoms with van der Waals surface area (Å²) < 4.78 is 5.02. The van der Waals surface area contributed by atoms with Gasteiger partial charge < -0.3 is 10.5 Å². The number of amides is 1. The van der Waals surface area contributed by atoms with Crippen LogP contribution in [-0.4, -0.2) is 18.8 Å². The van der Waals surface area contributed by atoms with Crippen LogP contribution in [0.25, 0.3) is 0 Å². The van der Waals surface area contributed by atoms with Gasteiger partial charge in [-0.3, -0.25) is 9.59 Å². The molecule has 1 amide bonds. The molecule has 0 heterocycles. The molecule has 0 atom stereocenters. The standard InChI is InChI=1S/C16H17NO3/c1-4-6-11(5-2)15(18)12-7-8-14(16(17)19)13(9-12)10-20-3/h4-9H,1-2,10H2,3H3,(H2,17,19)/b11-6+. The molecule has 20 heavy (non-hydrogen) atoms. The molecule has 4 nitrogen and oxygen atoms in total. The third kappa shape index (κ3) is 3.52. The van der Waals surface area contributed by atoms with Gasteiger partial charge in [-0.1, -0.05) is 37.5 Å². The van der Waals surface area contributed by atoms with Gasteiger partial charge >= 0.3 is 0 Å². The van der Waals surface area contributed by atoms with E-state index in [0.717, 1.165) is 0 Å². The Kier molecular flexibility index (Phi) is 5.62. The molecule has 1 rings (SSSR count). The van der Waals surface area contributed by atoms with E-state index in [0.29, 0.717) is 22.3 Å². The van der Waals surface area contributed by atoms with Crippen molar-refractivity contribution < 1.29 is 14.3 Å². The van der Waals surface area contributed by atoms with E-state index < -0.39 is 5.91 Å². The molecule has 0 fully saturated rings. The van der Waals surface area contributed by atoms with E-state index in [1.165, 1.54) is 25.3 Å². The summed E-state index contributed by atoms with van der Waals surface area (Å²) in [7, 11) is 1.51. The van der Waals surface area contributed by atoms with Crippen LogP contribution in [0.5, 0.6) is 0 Å². The molecule has 4 heteroatoms. The van der Waals surface area contributed by atoms with Crippen LogP contribution < -0.4 is 5.73 Å². The van der Waals surface area contributed by atoms with Crippen LogP contribution in [-0.2, 0) is 11.3 Å². The largest absolute Gasteiger partial charge is 0.380 e. The summed E-state index contributed by atoms with van der Waals surface area (Å²) in [4.78, 5) is 23.6. The number of nitrogens with two attached hydrogens (primary N) is 1. The van der Waals surface area contributed by atoms with Crippen LogP contribution in [0.3, 0.4) is 0 Å². The highest BCUT2D eigenvalue weighted by Crippen LogP contribution is 2.16. The van der Waals surface area contributed by atoms with E-state index in [1.807, 2.05) is 0 Å². The molecule has 0 aliphatic rings. The summed E-state index contributed by atoms with van der Waals surface area (Å²) in [5.74, 6) is -0.755. The maximum Gasteiger partial charge on any atom is 0.249 e. The number of rotatable bonds is 7. The first-order valence-corrected chi connectivity index (χ1v) is 5.96. The van der Waals surface area contributed by atoms with Gasteiger partial charge in [-0.25, -0.2) is 0 Å². The number of hydrogen-bond acceptors (Lipinski definition) is 3. The molecule has 2 N–H and O–H groups in total. The summed E-state index contributed by atoms with van der Waals surface area (Å²) in [6.45, 7) is 7.35. The van der Waals surface area contributed by atoms with Gasteiger partial charge in [0.25, 0.3) is 0 Å². The molecule has 1 aromatic carbocycles. The Morgan fingerprint density at radius 1 is 1.35 bits per heavy atom. The van der Waals surface area contributed by atoms with Crippen LogP contribution in [0, 0.1) is 0 Å². The first-order valence-electron chi connectivity index (χ1n) is 5.96. The van der Waals surface area contributed by atoms with Gasteiger partial charge in [-0.2, -0.15) is 0 Å². The molecule has 0 spiro atoms. The Bertz CT molecular complexity index is 585. The molecule has 0 aliphatic heterocycles. The maximum absolute atomic E-state index is 12.3. The molecular weight excluding hydrogens is 254 g/mol. The maximum atomic E-state index is 12.3. The number of allylic oxidation sites excluding steroid dienone is 4. The Labute approximate surface area is 118 Å². The summed E-state index contributed by atoms with van der Waals surface area (Å²) in [6.07, 6.45) is 4.55. The number of ketones is 1. The summed E-state index contributed by atoms with van der Waals surface area (Å²) in [5.41, 5.74) is 7.07. The van der Waals surface area contributed by atoms with Gasteiger partial charge in [0.15, 0.2) is 5.78 Å².